The van der Waals surface area contributed by atoms with E-state index in [1.54, 1.807) is 25.3 Å². The number of amides is 2. The van der Waals surface area contributed by atoms with E-state index in [-0.39, 0.29) is 30.4 Å². The first-order valence-electron chi connectivity index (χ1n) is 9.94. The molecule has 2 aromatic rings. The summed E-state index contributed by atoms with van der Waals surface area (Å²) in [4.78, 5) is 24.1. The van der Waals surface area contributed by atoms with Gasteiger partial charge in [-0.05, 0) is 37.6 Å². The Kier molecular flexibility index (Phi) is 6.95. The molecule has 0 radical (unpaired) electrons. The number of ether oxygens (including phenoxy) is 3. The van der Waals surface area contributed by atoms with Crippen LogP contribution in [0.1, 0.15) is 25.0 Å². The van der Waals surface area contributed by atoms with Crippen LogP contribution >= 0.6 is 0 Å². The molecule has 0 atom stereocenters. The lowest BCUT2D eigenvalue weighted by Crippen LogP contribution is -2.28. The number of anilines is 1. The largest absolute Gasteiger partial charge is 0.483 e. The Labute approximate surface area is 176 Å². The Bertz CT molecular complexity index is 893. The molecule has 2 amide bonds. The van der Waals surface area contributed by atoms with Crippen molar-refractivity contribution in [2.75, 3.05) is 32.2 Å². The van der Waals surface area contributed by atoms with Gasteiger partial charge in [-0.2, -0.15) is 0 Å². The van der Waals surface area contributed by atoms with Crippen molar-refractivity contribution in [1.29, 1.82) is 0 Å². The predicted molar refractivity (Wildman–Crippen MR) is 114 cm³/mol. The fraction of sp³-hybridized carbons (Fsp3) is 0.391. The Hall–Kier alpha value is -3.06. The fourth-order valence-electron chi connectivity index (χ4n) is 3.29. The van der Waals surface area contributed by atoms with Gasteiger partial charge < -0.3 is 24.8 Å². The summed E-state index contributed by atoms with van der Waals surface area (Å²) in [5.41, 5.74) is 2.31. The highest BCUT2D eigenvalue weighted by Crippen LogP contribution is 2.41. The SMILES string of the molecule is COCCNC(=O)Cc1ccc(NC(=O)COc2cccc3c2OC(C)(C)C3)cc1. The van der Waals surface area contributed by atoms with E-state index < -0.39 is 0 Å². The topological polar surface area (TPSA) is 85.9 Å². The molecule has 1 aliphatic heterocycles. The third-order valence-electron chi connectivity index (χ3n) is 4.64. The minimum Gasteiger partial charge on any atom is -0.483 e. The number of hydrogen-bond acceptors (Lipinski definition) is 5. The molecular weight excluding hydrogens is 384 g/mol. The first-order chi connectivity index (χ1) is 14.4. The van der Waals surface area contributed by atoms with Crippen molar-refractivity contribution in [2.45, 2.75) is 32.3 Å². The number of para-hydroxylation sites is 1. The molecule has 1 aliphatic rings. The number of carbonyl (C=O) groups excluding carboxylic acids is 2. The molecule has 0 saturated heterocycles. The van der Waals surface area contributed by atoms with Gasteiger partial charge in [-0.1, -0.05) is 24.3 Å². The number of benzene rings is 2. The Morgan fingerprint density at radius 2 is 1.87 bits per heavy atom. The van der Waals surface area contributed by atoms with Gasteiger partial charge in [0.2, 0.25) is 5.91 Å². The Morgan fingerprint density at radius 1 is 1.10 bits per heavy atom. The molecule has 0 aromatic heterocycles. The summed E-state index contributed by atoms with van der Waals surface area (Å²) in [6.07, 6.45) is 1.08. The van der Waals surface area contributed by atoms with E-state index >= 15 is 0 Å². The minimum absolute atomic E-state index is 0.0713. The van der Waals surface area contributed by atoms with Gasteiger partial charge in [0, 0.05) is 31.3 Å². The van der Waals surface area contributed by atoms with E-state index in [0.29, 0.717) is 30.3 Å². The van der Waals surface area contributed by atoms with Crippen molar-refractivity contribution in [1.82, 2.24) is 5.32 Å². The van der Waals surface area contributed by atoms with E-state index in [1.807, 2.05) is 38.1 Å². The van der Waals surface area contributed by atoms with Crippen LogP contribution in [0, 0.1) is 0 Å². The summed E-state index contributed by atoms with van der Waals surface area (Å²) in [5.74, 6) is 0.944. The number of fused-ring (bicyclic) bond motifs is 1. The maximum Gasteiger partial charge on any atom is 0.262 e. The number of rotatable bonds is 9. The van der Waals surface area contributed by atoms with Gasteiger partial charge >= 0.3 is 0 Å². The number of methoxy groups -OCH3 is 1. The molecule has 0 unspecified atom stereocenters. The van der Waals surface area contributed by atoms with Crippen LogP contribution in [0.3, 0.4) is 0 Å². The summed E-state index contributed by atoms with van der Waals surface area (Å²) in [5, 5.41) is 5.57. The van der Waals surface area contributed by atoms with Crippen LogP contribution < -0.4 is 20.1 Å². The van der Waals surface area contributed by atoms with Gasteiger partial charge in [-0.15, -0.1) is 0 Å². The van der Waals surface area contributed by atoms with Gasteiger partial charge in [0.05, 0.1) is 13.0 Å². The standard InChI is InChI=1S/C23H28N2O5/c1-23(2)14-17-5-4-6-19(22(17)30-23)29-15-21(27)25-18-9-7-16(8-10-18)13-20(26)24-11-12-28-3/h4-10H,11-15H2,1-3H3,(H,24,26)(H,25,27). The first kappa shape index (κ1) is 21.6. The average molecular weight is 412 g/mol. The molecule has 0 aliphatic carbocycles. The van der Waals surface area contributed by atoms with E-state index in [2.05, 4.69) is 10.6 Å². The van der Waals surface area contributed by atoms with Gasteiger partial charge in [0.15, 0.2) is 18.1 Å². The second-order valence-electron chi connectivity index (χ2n) is 7.84. The minimum atomic E-state index is -0.271. The fourth-order valence-corrected chi connectivity index (χ4v) is 3.29. The average Bonchev–Trinajstić information content (AvgIpc) is 3.02. The predicted octanol–water partition coefficient (Wildman–Crippen LogP) is 2.72. The Balaban J connectivity index is 1.48. The van der Waals surface area contributed by atoms with Crippen molar-refractivity contribution >= 4 is 17.5 Å². The van der Waals surface area contributed by atoms with Crippen LogP contribution in [0.15, 0.2) is 42.5 Å². The zero-order valence-electron chi connectivity index (χ0n) is 17.6. The molecule has 0 fully saturated rings. The number of hydrogen-bond donors (Lipinski definition) is 2. The lowest BCUT2D eigenvalue weighted by molar-refractivity contribution is -0.120. The smallest absolute Gasteiger partial charge is 0.262 e. The van der Waals surface area contributed by atoms with Crippen molar-refractivity contribution in [2.24, 2.45) is 0 Å². The summed E-state index contributed by atoms with van der Waals surface area (Å²) in [6, 6.07) is 12.9. The zero-order valence-corrected chi connectivity index (χ0v) is 17.6. The molecule has 0 spiro atoms. The second kappa shape index (κ2) is 9.63. The monoisotopic (exact) mass is 412 g/mol. The van der Waals surface area contributed by atoms with Crippen LogP contribution in [-0.4, -0.2) is 44.3 Å². The summed E-state index contributed by atoms with van der Waals surface area (Å²) < 4.78 is 16.6. The van der Waals surface area contributed by atoms with Crippen LogP contribution in [0.5, 0.6) is 11.5 Å². The molecule has 160 valence electrons. The highest BCUT2D eigenvalue weighted by molar-refractivity contribution is 5.92. The van der Waals surface area contributed by atoms with Crippen molar-refractivity contribution < 1.29 is 23.8 Å². The number of carbonyl (C=O) groups is 2. The maximum atomic E-state index is 12.3. The molecule has 2 aromatic carbocycles. The lowest BCUT2D eigenvalue weighted by Gasteiger charge is -2.18. The van der Waals surface area contributed by atoms with Crippen LogP contribution in [0.25, 0.3) is 0 Å². The molecule has 7 heteroatoms. The molecule has 30 heavy (non-hydrogen) atoms. The van der Waals surface area contributed by atoms with Gasteiger partial charge in [0.1, 0.15) is 5.60 Å². The van der Waals surface area contributed by atoms with Gasteiger partial charge in [0.25, 0.3) is 5.91 Å². The zero-order chi connectivity index (χ0) is 21.6. The van der Waals surface area contributed by atoms with Crippen molar-refractivity contribution in [3.63, 3.8) is 0 Å². The molecule has 3 rings (SSSR count). The normalized spacial score (nSPS) is 13.8. The van der Waals surface area contributed by atoms with E-state index in [4.69, 9.17) is 14.2 Å². The summed E-state index contributed by atoms with van der Waals surface area (Å²) >= 11 is 0. The molecule has 2 N–H and O–H groups in total. The molecule has 1 heterocycles. The third kappa shape index (κ3) is 5.97. The quantitative estimate of drug-likeness (QED) is 0.619. The van der Waals surface area contributed by atoms with E-state index in [0.717, 1.165) is 17.5 Å². The highest BCUT2D eigenvalue weighted by atomic mass is 16.5. The van der Waals surface area contributed by atoms with Crippen LogP contribution in [0.4, 0.5) is 5.69 Å². The Morgan fingerprint density at radius 3 is 2.60 bits per heavy atom. The van der Waals surface area contributed by atoms with Crippen molar-refractivity contribution in [3.05, 3.63) is 53.6 Å². The highest BCUT2D eigenvalue weighted by Gasteiger charge is 2.32. The second-order valence-corrected chi connectivity index (χ2v) is 7.84. The molecule has 7 nitrogen and oxygen atoms in total. The number of nitrogens with one attached hydrogen (secondary N) is 2. The van der Waals surface area contributed by atoms with Crippen LogP contribution in [-0.2, 0) is 27.2 Å². The van der Waals surface area contributed by atoms with E-state index in [1.165, 1.54) is 0 Å². The molecule has 0 saturated carbocycles. The van der Waals surface area contributed by atoms with Crippen LogP contribution in [0.2, 0.25) is 0 Å². The molecular formula is C23H28N2O5. The molecule has 0 bridgehead atoms. The summed E-state index contributed by atoms with van der Waals surface area (Å²) in [7, 11) is 1.59. The first-order valence-corrected chi connectivity index (χ1v) is 9.94. The maximum absolute atomic E-state index is 12.3. The summed E-state index contributed by atoms with van der Waals surface area (Å²) in [6.45, 7) is 4.89. The van der Waals surface area contributed by atoms with Gasteiger partial charge in [-0.3, -0.25) is 9.59 Å². The third-order valence-corrected chi connectivity index (χ3v) is 4.64. The van der Waals surface area contributed by atoms with Crippen molar-refractivity contribution in [3.8, 4) is 11.5 Å². The van der Waals surface area contributed by atoms with Gasteiger partial charge in [-0.25, -0.2) is 0 Å². The van der Waals surface area contributed by atoms with E-state index in [9.17, 15) is 9.59 Å². The lowest BCUT2D eigenvalue weighted by atomic mass is 10.0.